The van der Waals surface area contributed by atoms with Gasteiger partial charge in [-0.2, -0.15) is 0 Å². The van der Waals surface area contributed by atoms with Crippen molar-refractivity contribution in [2.45, 2.75) is 25.9 Å². The van der Waals surface area contributed by atoms with Gasteiger partial charge in [-0.05, 0) is 49.6 Å². The van der Waals surface area contributed by atoms with Gasteiger partial charge in [0.05, 0.1) is 11.7 Å². The van der Waals surface area contributed by atoms with Crippen molar-refractivity contribution < 1.29 is 14.3 Å². The first-order valence-corrected chi connectivity index (χ1v) is 8.42. The maximum Gasteiger partial charge on any atom is 0.259 e. The minimum absolute atomic E-state index is 0.108. The zero-order chi connectivity index (χ0) is 16.9. The van der Waals surface area contributed by atoms with Crippen molar-refractivity contribution in [2.24, 2.45) is 0 Å². The van der Waals surface area contributed by atoms with E-state index >= 15 is 0 Å². The summed E-state index contributed by atoms with van der Waals surface area (Å²) in [4.78, 5) is 12.6. The zero-order valence-electron chi connectivity index (χ0n) is 13.5. The van der Waals surface area contributed by atoms with Crippen LogP contribution in [0.15, 0.2) is 42.5 Å². The summed E-state index contributed by atoms with van der Waals surface area (Å²) in [5.41, 5.74) is 2.14. The number of hydrogen-bond acceptors (Lipinski definition) is 3. The summed E-state index contributed by atoms with van der Waals surface area (Å²) in [5, 5.41) is 3.48. The van der Waals surface area contributed by atoms with Gasteiger partial charge in [0.15, 0.2) is 0 Å². The molecule has 1 atom stereocenters. The van der Waals surface area contributed by atoms with E-state index in [2.05, 4.69) is 5.32 Å². The fourth-order valence-electron chi connectivity index (χ4n) is 2.66. The van der Waals surface area contributed by atoms with Gasteiger partial charge in [-0.25, -0.2) is 0 Å². The molecule has 0 spiro atoms. The second-order valence-corrected chi connectivity index (χ2v) is 6.29. The number of halogens is 1. The molecular weight excluding hydrogens is 326 g/mol. The maximum absolute atomic E-state index is 12.6. The molecule has 126 valence electrons. The van der Waals surface area contributed by atoms with Crippen molar-refractivity contribution in [1.29, 1.82) is 0 Å². The van der Waals surface area contributed by atoms with E-state index in [1.54, 1.807) is 24.3 Å². The molecule has 1 aliphatic heterocycles. The molecule has 0 aliphatic carbocycles. The molecule has 0 aromatic heterocycles. The monoisotopic (exact) mass is 345 g/mol. The SMILES string of the molecule is Cc1ccc(Cl)cc1NC(=O)c1ccccc1OC[C@H]1CCCO1. The second-order valence-electron chi connectivity index (χ2n) is 5.86. The average molecular weight is 346 g/mol. The lowest BCUT2D eigenvalue weighted by atomic mass is 10.1. The van der Waals surface area contributed by atoms with E-state index in [9.17, 15) is 4.79 Å². The Hall–Kier alpha value is -2.04. The summed E-state index contributed by atoms with van der Waals surface area (Å²) < 4.78 is 11.4. The van der Waals surface area contributed by atoms with Crippen molar-refractivity contribution in [3.8, 4) is 5.75 Å². The van der Waals surface area contributed by atoms with E-state index in [1.165, 1.54) is 0 Å². The summed E-state index contributed by atoms with van der Waals surface area (Å²) >= 11 is 6.01. The molecule has 1 heterocycles. The van der Waals surface area contributed by atoms with Crippen LogP contribution in [-0.2, 0) is 4.74 Å². The van der Waals surface area contributed by atoms with Crippen LogP contribution in [0, 0.1) is 6.92 Å². The largest absolute Gasteiger partial charge is 0.490 e. The van der Waals surface area contributed by atoms with Crippen LogP contribution in [0.3, 0.4) is 0 Å². The van der Waals surface area contributed by atoms with Crippen molar-refractivity contribution >= 4 is 23.2 Å². The summed E-state index contributed by atoms with van der Waals surface area (Å²) in [6.45, 7) is 3.16. The van der Waals surface area contributed by atoms with Crippen molar-refractivity contribution in [3.05, 3.63) is 58.6 Å². The standard InChI is InChI=1S/C19H20ClNO3/c1-13-8-9-14(20)11-17(13)21-19(22)16-6-2-3-7-18(16)24-12-15-5-4-10-23-15/h2-3,6-9,11,15H,4-5,10,12H2,1H3,(H,21,22)/t15-/m1/s1. The van der Waals surface area contributed by atoms with Gasteiger partial charge in [0.25, 0.3) is 5.91 Å². The quantitative estimate of drug-likeness (QED) is 0.870. The molecule has 1 fully saturated rings. The van der Waals surface area contributed by atoms with Gasteiger partial charge in [0, 0.05) is 17.3 Å². The van der Waals surface area contributed by atoms with Crippen LogP contribution < -0.4 is 10.1 Å². The molecule has 2 aromatic carbocycles. The Morgan fingerprint density at radius 3 is 2.96 bits per heavy atom. The Bertz CT molecular complexity index is 726. The molecule has 0 unspecified atom stereocenters. The predicted octanol–water partition coefficient (Wildman–Crippen LogP) is 4.46. The zero-order valence-corrected chi connectivity index (χ0v) is 14.3. The third kappa shape index (κ3) is 4.08. The van der Waals surface area contributed by atoms with Crippen LogP contribution in [0.4, 0.5) is 5.69 Å². The number of ether oxygens (including phenoxy) is 2. The lowest BCUT2D eigenvalue weighted by Gasteiger charge is -2.15. The van der Waals surface area contributed by atoms with Crippen LogP contribution in [0.25, 0.3) is 0 Å². The van der Waals surface area contributed by atoms with E-state index in [0.717, 1.165) is 25.0 Å². The highest BCUT2D eigenvalue weighted by Gasteiger charge is 2.18. The van der Waals surface area contributed by atoms with Crippen molar-refractivity contribution in [3.63, 3.8) is 0 Å². The number of para-hydroxylation sites is 1. The third-order valence-corrected chi connectivity index (χ3v) is 4.26. The molecular formula is C19H20ClNO3. The molecule has 2 aromatic rings. The Labute approximate surface area is 146 Å². The lowest BCUT2D eigenvalue weighted by molar-refractivity contribution is 0.0673. The number of nitrogens with one attached hydrogen (secondary N) is 1. The Morgan fingerprint density at radius 1 is 1.33 bits per heavy atom. The number of carbonyl (C=O) groups is 1. The molecule has 24 heavy (non-hydrogen) atoms. The first-order chi connectivity index (χ1) is 11.6. The number of aryl methyl sites for hydroxylation is 1. The van der Waals surface area contributed by atoms with E-state index in [0.29, 0.717) is 28.6 Å². The lowest BCUT2D eigenvalue weighted by Crippen LogP contribution is -2.19. The summed E-state index contributed by atoms with van der Waals surface area (Å²) in [5.74, 6) is 0.341. The highest BCUT2D eigenvalue weighted by molar-refractivity contribution is 6.31. The number of anilines is 1. The van der Waals surface area contributed by atoms with E-state index in [1.807, 2.05) is 25.1 Å². The molecule has 0 saturated carbocycles. The van der Waals surface area contributed by atoms with Crippen molar-refractivity contribution in [1.82, 2.24) is 0 Å². The van der Waals surface area contributed by atoms with Gasteiger partial charge in [0.1, 0.15) is 12.4 Å². The van der Waals surface area contributed by atoms with Gasteiger partial charge in [0.2, 0.25) is 0 Å². The van der Waals surface area contributed by atoms with Crippen LogP contribution in [0.1, 0.15) is 28.8 Å². The highest BCUT2D eigenvalue weighted by Crippen LogP contribution is 2.24. The number of hydrogen-bond donors (Lipinski definition) is 1. The smallest absolute Gasteiger partial charge is 0.259 e. The number of rotatable bonds is 5. The highest BCUT2D eigenvalue weighted by atomic mass is 35.5. The first-order valence-electron chi connectivity index (χ1n) is 8.04. The summed E-state index contributed by atoms with van der Waals surface area (Å²) in [7, 11) is 0. The summed E-state index contributed by atoms with van der Waals surface area (Å²) in [6, 6.07) is 12.6. The number of carbonyl (C=O) groups excluding carboxylic acids is 1. The Morgan fingerprint density at radius 2 is 2.17 bits per heavy atom. The summed E-state index contributed by atoms with van der Waals surface area (Å²) in [6.07, 6.45) is 2.16. The van der Waals surface area contributed by atoms with Gasteiger partial charge < -0.3 is 14.8 Å². The topological polar surface area (TPSA) is 47.6 Å². The average Bonchev–Trinajstić information content (AvgIpc) is 3.10. The maximum atomic E-state index is 12.6. The minimum atomic E-state index is -0.219. The van der Waals surface area contributed by atoms with Crippen molar-refractivity contribution in [2.75, 3.05) is 18.5 Å². The Kier molecular flexibility index (Phi) is 5.38. The molecule has 1 aliphatic rings. The molecule has 0 bridgehead atoms. The number of amides is 1. The molecule has 4 nitrogen and oxygen atoms in total. The van der Waals surface area contributed by atoms with Gasteiger partial charge in [-0.1, -0.05) is 29.8 Å². The van der Waals surface area contributed by atoms with Crippen LogP contribution in [0.2, 0.25) is 5.02 Å². The second kappa shape index (κ2) is 7.69. The Balaban J connectivity index is 1.73. The van der Waals surface area contributed by atoms with E-state index < -0.39 is 0 Å². The van der Waals surface area contributed by atoms with Gasteiger partial charge >= 0.3 is 0 Å². The molecule has 1 amide bonds. The van der Waals surface area contributed by atoms with Gasteiger partial charge in [-0.15, -0.1) is 0 Å². The first kappa shape index (κ1) is 16.8. The van der Waals surface area contributed by atoms with Crippen LogP contribution in [-0.4, -0.2) is 25.2 Å². The van der Waals surface area contributed by atoms with Crippen LogP contribution >= 0.6 is 11.6 Å². The molecule has 1 saturated heterocycles. The normalized spacial score (nSPS) is 16.8. The number of benzene rings is 2. The molecule has 5 heteroatoms. The third-order valence-electron chi connectivity index (χ3n) is 4.03. The minimum Gasteiger partial charge on any atom is -0.490 e. The fraction of sp³-hybridized carbons (Fsp3) is 0.316. The van der Waals surface area contributed by atoms with Crippen LogP contribution in [0.5, 0.6) is 5.75 Å². The molecule has 3 rings (SSSR count). The predicted molar refractivity (Wildman–Crippen MR) is 95.1 cm³/mol. The fourth-order valence-corrected chi connectivity index (χ4v) is 2.83. The van der Waals surface area contributed by atoms with E-state index in [-0.39, 0.29) is 12.0 Å². The molecule has 0 radical (unpaired) electrons. The van der Waals surface area contributed by atoms with Gasteiger partial charge in [-0.3, -0.25) is 4.79 Å². The molecule has 1 N–H and O–H groups in total. The van der Waals surface area contributed by atoms with E-state index in [4.69, 9.17) is 21.1 Å².